The molecule has 0 heterocycles. The van der Waals surface area contributed by atoms with Crippen molar-refractivity contribution in [2.75, 3.05) is 33.2 Å². The van der Waals surface area contributed by atoms with Gasteiger partial charge in [0.2, 0.25) is 0 Å². The summed E-state index contributed by atoms with van der Waals surface area (Å²) in [6, 6.07) is 13.6. The maximum atomic E-state index is 6.42. The third-order valence-corrected chi connectivity index (χ3v) is 3.55. The van der Waals surface area contributed by atoms with Gasteiger partial charge < -0.3 is 20.1 Å². The van der Waals surface area contributed by atoms with E-state index in [1.54, 1.807) is 14.2 Å². The van der Waals surface area contributed by atoms with Gasteiger partial charge in [0.25, 0.3) is 0 Å². The number of ether oxygens (including phenoxy) is 2. The SMILES string of the molecule is COc1cccc(OC)c1C(N)c1ccc(N(C)C)cc1. The number of methoxy groups -OCH3 is 2. The minimum Gasteiger partial charge on any atom is -0.496 e. The Labute approximate surface area is 126 Å². The highest BCUT2D eigenvalue weighted by atomic mass is 16.5. The first kappa shape index (κ1) is 15.2. The smallest absolute Gasteiger partial charge is 0.127 e. The zero-order valence-corrected chi connectivity index (χ0v) is 13.0. The lowest BCUT2D eigenvalue weighted by Crippen LogP contribution is -2.15. The summed E-state index contributed by atoms with van der Waals surface area (Å²) in [5, 5.41) is 0. The Morgan fingerprint density at radius 1 is 0.905 bits per heavy atom. The summed E-state index contributed by atoms with van der Waals surface area (Å²) >= 11 is 0. The zero-order chi connectivity index (χ0) is 15.4. The first-order valence-corrected chi connectivity index (χ1v) is 6.82. The highest BCUT2D eigenvalue weighted by molar-refractivity contribution is 5.52. The minimum absolute atomic E-state index is 0.299. The molecular weight excluding hydrogens is 264 g/mol. The van der Waals surface area contributed by atoms with Gasteiger partial charge in [-0.25, -0.2) is 0 Å². The van der Waals surface area contributed by atoms with Gasteiger partial charge in [0.1, 0.15) is 11.5 Å². The molecule has 4 nitrogen and oxygen atoms in total. The summed E-state index contributed by atoms with van der Waals surface area (Å²) in [7, 11) is 7.30. The zero-order valence-electron chi connectivity index (χ0n) is 13.0. The van der Waals surface area contributed by atoms with Crippen LogP contribution in [0.3, 0.4) is 0 Å². The van der Waals surface area contributed by atoms with Crippen LogP contribution in [0.25, 0.3) is 0 Å². The molecule has 0 saturated heterocycles. The van der Waals surface area contributed by atoms with Crippen molar-refractivity contribution in [1.82, 2.24) is 0 Å². The van der Waals surface area contributed by atoms with E-state index in [0.29, 0.717) is 0 Å². The molecule has 1 unspecified atom stereocenters. The van der Waals surface area contributed by atoms with E-state index in [9.17, 15) is 0 Å². The number of anilines is 1. The van der Waals surface area contributed by atoms with Crippen LogP contribution in [0, 0.1) is 0 Å². The number of nitrogens with zero attached hydrogens (tertiary/aromatic N) is 1. The average Bonchev–Trinajstić information content (AvgIpc) is 2.53. The van der Waals surface area contributed by atoms with E-state index < -0.39 is 0 Å². The van der Waals surface area contributed by atoms with Gasteiger partial charge in [0.05, 0.1) is 25.8 Å². The topological polar surface area (TPSA) is 47.7 Å². The molecule has 2 aromatic rings. The van der Waals surface area contributed by atoms with Gasteiger partial charge in [-0.2, -0.15) is 0 Å². The molecule has 112 valence electrons. The first-order valence-electron chi connectivity index (χ1n) is 6.82. The average molecular weight is 286 g/mol. The Balaban J connectivity index is 2.41. The molecule has 0 radical (unpaired) electrons. The van der Waals surface area contributed by atoms with Gasteiger partial charge in [-0.05, 0) is 29.8 Å². The highest BCUT2D eigenvalue weighted by Crippen LogP contribution is 2.36. The van der Waals surface area contributed by atoms with Gasteiger partial charge in [0.15, 0.2) is 0 Å². The van der Waals surface area contributed by atoms with Crippen molar-refractivity contribution in [3.63, 3.8) is 0 Å². The summed E-state index contributed by atoms with van der Waals surface area (Å²) < 4.78 is 10.8. The van der Waals surface area contributed by atoms with Crippen molar-refractivity contribution in [1.29, 1.82) is 0 Å². The minimum atomic E-state index is -0.299. The molecule has 1 atom stereocenters. The Morgan fingerprint density at radius 3 is 1.86 bits per heavy atom. The van der Waals surface area contributed by atoms with Crippen LogP contribution in [0.2, 0.25) is 0 Å². The fraction of sp³-hybridized carbons (Fsp3) is 0.294. The van der Waals surface area contributed by atoms with Crippen molar-refractivity contribution < 1.29 is 9.47 Å². The molecule has 0 amide bonds. The van der Waals surface area contributed by atoms with E-state index in [-0.39, 0.29) is 6.04 Å². The van der Waals surface area contributed by atoms with E-state index in [1.807, 2.05) is 44.4 Å². The van der Waals surface area contributed by atoms with Crippen molar-refractivity contribution in [2.24, 2.45) is 5.73 Å². The molecule has 2 aromatic carbocycles. The molecule has 2 rings (SSSR count). The standard InChI is InChI=1S/C17H22N2O2/c1-19(2)13-10-8-12(9-11-13)17(18)16-14(20-3)6-5-7-15(16)21-4/h5-11,17H,18H2,1-4H3. The Morgan fingerprint density at radius 2 is 1.43 bits per heavy atom. The van der Waals surface area contributed by atoms with E-state index in [2.05, 4.69) is 17.0 Å². The van der Waals surface area contributed by atoms with Crippen molar-refractivity contribution in [3.8, 4) is 11.5 Å². The second kappa shape index (κ2) is 6.50. The van der Waals surface area contributed by atoms with Gasteiger partial charge in [-0.1, -0.05) is 18.2 Å². The number of nitrogens with two attached hydrogens (primary N) is 1. The van der Waals surface area contributed by atoms with Crippen LogP contribution in [0.15, 0.2) is 42.5 Å². The summed E-state index contributed by atoms with van der Waals surface area (Å²) in [4.78, 5) is 2.05. The van der Waals surface area contributed by atoms with Gasteiger partial charge in [-0.15, -0.1) is 0 Å². The van der Waals surface area contributed by atoms with E-state index in [0.717, 1.165) is 28.3 Å². The molecule has 0 aliphatic rings. The molecule has 0 spiro atoms. The number of hydrogen-bond donors (Lipinski definition) is 1. The second-order valence-corrected chi connectivity index (χ2v) is 5.04. The third kappa shape index (κ3) is 3.11. The quantitative estimate of drug-likeness (QED) is 0.918. The van der Waals surface area contributed by atoms with Crippen LogP contribution in [0.5, 0.6) is 11.5 Å². The van der Waals surface area contributed by atoms with Gasteiger partial charge in [-0.3, -0.25) is 0 Å². The normalized spacial score (nSPS) is 11.9. The fourth-order valence-electron chi connectivity index (χ4n) is 2.33. The van der Waals surface area contributed by atoms with Gasteiger partial charge >= 0.3 is 0 Å². The Bertz CT molecular complexity index is 572. The van der Waals surface area contributed by atoms with E-state index in [4.69, 9.17) is 15.2 Å². The van der Waals surface area contributed by atoms with Crippen LogP contribution in [-0.2, 0) is 0 Å². The molecule has 0 saturated carbocycles. The molecule has 0 fully saturated rings. The maximum Gasteiger partial charge on any atom is 0.127 e. The largest absolute Gasteiger partial charge is 0.496 e. The van der Waals surface area contributed by atoms with Crippen LogP contribution >= 0.6 is 0 Å². The fourth-order valence-corrected chi connectivity index (χ4v) is 2.33. The molecule has 0 aliphatic carbocycles. The maximum absolute atomic E-state index is 6.42. The van der Waals surface area contributed by atoms with Crippen molar-refractivity contribution in [3.05, 3.63) is 53.6 Å². The van der Waals surface area contributed by atoms with Crippen LogP contribution in [-0.4, -0.2) is 28.3 Å². The second-order valence-electron chi connectivity index (χ2n) is 5.04. The number of rotatable bonds is 5. The number of benzene rings is 2. The van der Waals surface area contributed by atoms with Crippen LogP contribution in [0.1, 0.15) is 17.2 Å². The Hall–Kier alpha value is -2.20. The highest BCUT2D eigenvalue weighted by Gasteiger charge is 2.19. The third-order valence-electron chi connectivity index (χ3n) is 3.55. The summed E-state index contributed by atoms with van der Waals surface area (Å²) in [6.45, 7) is 0. The predicted octanol–water partition coefficient (Wildman–Crippen LogP) is 2.82. The lowest BCUT2D eigenvalue weighted by molar-refractivity contribution is 0.382. The molecule has 4 heteroatoms. The predicted molar refractivity (Wildman–Crippen MR) is 86.3 cm³/mol. The molecule has 0 aliphatic heterocycles. The monoisotopic (exact) mass is 286 g/mol. The summed E-state index contributed by atoms with van der Waals surface area (Å²) in [5.74, 6) is 1.47. The number of hydrogen-bond acceptors (Lipinski definition) is 4. The van der Waals surface area contributed by atoms with E-state index >= 15 is 0 Å². The lowest BCUT2D eigenvalue weighted by atomic mass is 9.97. The van der Waals surface area contributed by atoms with Gasteiger partial charge in [0, 0.05) is 19.8 Å². The first-order chi connectivity index (χ1) is 10.1. The molecule has 2 N–H and O–H groups in total. The molecule has 21 heavy (non-hydrogen) atoms. The molecule has 0 bridgehead atoms. The Kier molecular flexibility index (Phi) is 4.70. The van der Waals surface area contributed by atoms with Crippen LogP contribution in [0.4, 0.5) is 5.69 Å². The van der Waals surface area contributed by atoms with Crippen LogP contribution < -0.4 is 20.1 Å². The molecular formula is C17H22N2O2. The summed E-state index contributed by atoms with van der Waals surface area (Å²) in [5.41, 5.74) is 9.44. The van der Waals surface area contributed by atoms with E-state index in [1.165, 1.54) is 0 Å². The summed E-state index contributed by atoms with van der Waals surface area (Å²) in [6.07, 6.45) is 0. The van der Waals surface area contributed by atoms with Crippen molar-refractivity contribution >= 4 is 5.69 Å². The van der Waals surface area contributed by atoms with Crippen molar-refractivity contribution in [2.45, 2.75) is 6.04 Å². The lowest BCUT2D eigenvalue weighted by Gasteiger charge is -2.20. The molecule has 0 aromatic heterocycles.